The first-order valence-electron chi connectivity index (χ1n) is 12.6. The Bertz CT molecular complexity index is 1360. The summed E-state index contributed by atoms with van der Waals surface area (Å²) in [7, 11) is 0. The molecule has 1 unspecified atom stereocenters. The lowest BCUT2D eigenvalue weighted by Crippen LogP contribution is -2.48. The first-order valence-corrected chi connectivity index (χ1v) is 13.5. The van der Waals surface area contributed by atoms with E-state index < -0.39 is 0 Å². The summed E-state index contributed by atoms with van der Waals surface area (Å²) in [5.74, 6) is 0.658. The van der Waals surface area contributed by atoms with Gasteiger partial charge >= 0.3 is 0 Å². The van der Waals surface area contributed by atoms with Crippen molar-refractivity contribution in [2.45, 2.75) is 44.1 Å². The highest BCUT2D eigenvalue weighted by Gasteiger charge is 2.43. The molecule has 1 heterocycles. The molecule has 2 fully saturated rings. The molecule has 1 aliphatic heterocycles. The molecule has 4 aromatic rings. The van der Waals surface area contributed by atoms with Crippen molar-refractivity contribution in [3.63, 3.8) is 0 Å². The quantitative estimate of drug-likeness (QED) is 0.239. The molecule has 1 saturated heterocycles. The minimum atomic E-state index is -0.108. The number of hydrogen-bond donors (Lipinski definition) is 1. The monoisotopic (exact) mass is 478 g/mol. The molecule has 0 bridgehead atoms. The van der Waals surface area contributed by atoms with Gasteiger partial charge in [0, 0.05) is 11.7 Å². The zero-order chi connectivity index (χ0) is 23.8. The molecule has 176 valence electrons. The first-order chi connectivity index (χ1) is 17.2. The number of nitrogens with zero attached hydrogens (tertiary/aromatic N) is 1. The Morgan fingerprint density at radius 2 is 1.49 bits per heavy atom. The minimum Gasteiger partial charge on any atom is -0.356 e. The zero-order valence-electron chi connectivity index (χ0n) is 20.0. The van der Waals surface area contributed by atoms with Gasteiger partial charge in [-0.3, -0.25) is 4.79 Å². The third-order valence-electron chi connectivity index (χ3n) is 7.51. The number of thioether (sulfide) groups is 1. The van der Waals surface area contributed by atoms with Gasteiger partial charge in [-0.1, -0.05) is 98.3 Å². The summed E-state index contributed by atoms with van der Waals surface area (Å²) < 4.78 is 0. The van der Waals surface area contributed by atoms with E-state index in [1.54, 1.807) is 11.8 Å². The average Bonchev–Trinajstić information content (AvgIpc) is 3.19. The molecule has 1 saturated carbocycles. The summed E-state index contributed by atoms with van der Waals surface area (Å²) in [5, 5.41) is 8.42. The number of nitrogens with one attached hydrogen (secondary N) is 1. The maximum absolute atomic E-state index is 14.0. The lowest BCUT2D eigenvalue weighted by Gasteiger charge is -2.39. The number of anilines is 1. The van der Waals surface area contributed by atoms with Crippen LogP contribution in [0.5, 0.6) is 0 Å². The van der Waals surface area contributed by atoms with Crippen molar-refractivity contribution in [2.75, 3.05) is 5.32 Å². The number of hydrogen-bond acceptors (Lipinski definition) is 3. The molecule has 3 nitrogen and oxygen atoms in total. The summed E-state index contributed by atoms with van der Waals surface area (Å²) in [6.07, 6.45) is 6.85. The molecule has 4 aromatic carbocycles. The molecule has 0 spiro atoms. The van der Waals surface area contributed by atoms with E-state index in [2.05, 4.69) is 89.9 Å². The fourth-order valence-electron chi connectivity index (χ4n) is 5.70. The van der Waals surface area contributed by atoms with Crippen LogP contribution < -0.4 is 5.32 Å². The summed E-state index contributed by atoms with van der Waals surface area (Å²) in [6.45, 7) is 2.31. The van der Waals surface area contributed by atoms with E-state index in [1.807, 2.05) is 18.2 Å². The predicted molar refractivity (Wildman–Crippen MR) is 149 cm³/mol. The second-order valence-corrected chi connectivity index (χ2v) is 10.9. The van der Waals surface area contributed by atoms with Crippen LogP contribution in [-0.4, -0.2) is 22.3 Å². The Balaban J connectivity index is 1.46. The van der Waals surface area contributed by atoms with Crippen molar-refractivity contribution < 1.29 is 4.79 Å². The largest absolute Gasteiger partial charge is 0.356 e. The van der Waals surface area contributed by atoms with Crippen LogP contribution in [0.3, 0.4) is 0 Å². The fraction of sp³-hybridized carbons (Fsp3) is 0.258. The van der Waals surface area contributed by atoms with E-state index in [1.165, 1.54) is 40.8 Å². The standard InChI is InChI=1S/C31H30N2OS/c1-21-11-5-10-18-28(21)33-30(34)29(35-31(33)32-24-14-3-2-4-15-24)20-27-25-16-8-6-12-22(25)19-23-13-7-9-17-26(23)27/h2-4,6-9,12-17,19-21,28,31-32H,5,10-11,18H2,1H3/b29-20-/t21-,28+,31?/m0/s1. The molecular formula is C31H30N2OS. The minimum absolute atomic E-state index is 0.108. The molecule has 35 heavy (non-hydrogen) atoms. The molecular weight excluding hydrogens is 448 g/mol. The third kappa shape index (κ3) is 4.21. The normalized spacial score (nSPS) is 23.9. The summed E-state index contributed by atoms with van der Waals surface area (Å²) in [5.41, 5.74) is 2.07. The Labute approximate surface area is 211 Å². The number of amides is 1. The van der Waals surface area contributed by atoms with Crippen molar-refractivity contribution in [1.82, 2.24) is 4.90 Å². The maximum atomic E-state index is 14.0. The molecule has 4 heteroatoms. The van der Waals surface area contributed by atoms with Crippen LogP contribution in [-0.2, 0) is 4.79 Å². The summed E-state index contributed by atoms with van der Waals surface area (Å²) in [4.78, 5) is 17.0. The molecule has 6 rings (SSSR count). The third-order valence-corrected chi connectivity index (χ3v) is 8.63. The van der Waals surface area contributed by atoms with Gasteiger partial charge in [0.15, 0.2) is 5.50 Å². The smallest absolute Gasteiger partial charge is 0.262 e. The Kier molecular flexibility index (Phi) is 5.99. The van der Waals surface area contributed by atoms with Crippen LogP contribution in [0.1, 0.15) is 38.2 Å². The highest BCUT2D eigenvalue weighted by atomic mass is 32.2. The van der Waals surface area contributed by atoms with Gasteiger partial charge in [-0.05, 0) is 70.1 Å². The lowest BCUT2D eigenvalue weighted by molar-refractivity contribution is -0.129. The van der Waals surface area contributed by atoms with E-state index in [4.69, 9.17) is 0 Å². The van der Waals surface area contributed by atoms with Crippen LogP contribution in [0.4, 0.5) is 5.69 Å². The topological polar surface area (TPSA) is 32.3 Å². The van der Waals surface area contributed by atoms with Crippen molar-refractivity contribution >= 4 is 51.0 Å². The number of benzene rings is 4. The Morgan fingerprint density at radius 1 is 0.857 bits per heavy atom. The van der Waals surface area contributed by atoms with E-state index in [9.17, 15) is 4.79 Å². The van der Waals surface area contributed by atoms with Crippen molar-refractivity contribution in [1.29, 1.82) is 0 Å². The maximum Gasteiger partial charge on any atom is 0.262 e. The fourth-order valence-corrected chi connectivity index (χ4v) is 6.90. The molecule has 3 atom stereocenters. The first kappa shape index (κ1) is 22.2. The molecule has 0 radical (unpaired) electrons. The molecule has 1 N–H and O–H groups in total. The average molecular weight is 479 g/mol. The Hall–Kier alpha value is -3.24. The molecule has 2 aliphatic rings. The predicted octanol–water partition coefficient (Wildman–Crippen LogP) is 7.88. The van der Waals surface area contributed by atoms with Gasteiger partial charge in [0.05, 0.1) is 4.91 Å². The Morgan fingerprint density at radius 3 is 2.17 bits per heavy atom. The van der Waals surface area contributed by atoms with Crippen LogP contribution in [0, 0.1) is 5.92 Å². The summed E-state index contributed by atoms with van der Waals surface area (Å²) in [6, 6.07) is 29.7. The second-order valence-electron chi connectivity index (χ2n) is 9.76. The van der Waals surface area contributed by atoms with Gasteiger partial charge in [-0.25, -0.2) is 0 Å². The molecule has 0 aromatic heterocycles. The van der Waals surface area contributed by atoms with Crippen LogP contribution in [0.15, 0.2) is 89.8 Å². The summed E-state index contributed by atoms with van der Waals surface area (Å²) >= 11 is 1.66. The van der Waals surface area contributed by atoms with Gasteiger partial charge in [-0.15, -0.1) is 0 Å². The highest BCUT2D eigenvalue weighted by Crippen LogP contribution is 2.43. The number of carbonyl (C=O) groups excluding carboxylic acids is 1. The van der Waals surface area contributed by atoms with E-state index >= 15 is 0 Å². The molecule has 1 aliphatic carbocycles. The van der Waals surface area contributed by atoms with Crippen molar-refractivity contribution in [2.24, 2.45) is 5.92 Å². The van der Waals surface area contributed by atoms with Crippen LogP contribution >= 0.6 is 11.8 Å². The van der Waals surface area contributed by atoms with Gasteiger partial charge in [0.25, 0.3) is 5.91 Å². The van der Waals surface area contributed by atoms with Crippen LogP contribution in [0.2, 0.25) is 0 Å². The van der Waals surface area contributed by atoms with Crippen LogP contribution in [0.25, 0.3) is 27.6 Å². The van der Waals surface area contributed by atoms with Crippen molar-refractivity contribution in [3.8, 4) is 0 Å². The van der Waals surface area contributed by atoms with Gasteiger partial charge in [-0.2, -0.15) is 0 Å². The zero-order valence-corrected chi connectivity index (χ0v) is 20.8. The SMILES string of the molecule is C[C@H]1CCCC[C@H]1N1C(=O)/C(=C/c2c3ccccc3cc3ccccc23)SC1Nc1ccccc1. The van der Waals surface area contributed by atoms with Gasteiger partial charge < -0.3 is 10.2 Å². The lowest BCUT2D eigenvalue weighted by atomic mass is 9.85. The number of carbonyl (C=O) groups is 1. The van der Waals surface area contributed by atoms with E-state index in [0.717, 1.165) is 22.6 Å². The van der Waals surface area contributed by atoms with E-state index in [0.29, 0.717) is 5.92 Å². The number of rotatable bonds is 4. The number of fused-ring (bicyclic) bond motifs is 2. The highest BCUT2D eigenvalue weighted by molar-refractivity contribution is 8.05. The van der Waals surface area contributed by atoms with Gasteiger partial charge in [0.2, 0.25) is 0 Å². The second kappa shape index (κ2) is 9.43. The molecule has 1 amide bonds. The van der Waals surface area contributed by atoms with Gasteiger partial charge in [0.1, 0.15) is 0 Å². The van der Waals surface area contributed by atoms with E-state index in [-0.39, 0.29) is 17.4 Å². The number of para-hydroxylation sites is 1. The van der Waals surface area contributed by atoms with Crippen molar-refractivity contribution in [3.05, 3.63) is 95.4 Å².